The van der Waals surface area contributed by atoms with Gasteiger partial charge < -0.3 is 15.2 Å². The highest BCUT2D eigenvalue weighted by atomic mass is 79.9. The molecule has 2 aromatic rings. The summed E-state index contributed by atoms with van der Waals surface area (Å²) in [6, 6.07) is 7.51. The minimum atomic E-state index is -1.57. The summed E-state index contributed by atoms with van der Waals surface area (Å²) >= 11 is 10.0. The molecule has 1 heterocycles. The molecule has 1 aliphatic rings. The van der Waals surface area contributed by atoms with Gasteiger partial charge in [0.15, 0.2) is 10.1 Å². The molecule has 5 nitrogen and oxygen atoms in total. The quantitative estimate of drug-likeness (QED) is 0.457. The predicted molar refractivity (Wildman–Crippen MR) is 100 cm³/mol. The van der Waals surface area contributed by atoms with Crippen molar-refractivity contribution >= 4 is 65.2 Å². The number of rotatable bonds is 2. The fourth-order valence-corrected chi connectivity index (χ4v) is 4.65. The Morgan fingerprint density at radius 2 is 1.79 bits per heavy atom. The molecule has 124 valence electrons. The van der Waals surface area contributed by atoms with Crippen LogP contribution in [0.5, 0.6) is 11.5 Å². The van der Waals surface area contributed by atoms with Crippen molar-refractivity contribution in [3.63, 3.8) is 0 Å². The molecule has 0 saturated heterocycles. The van der Waals surface area contributed by atoms with Gasteiger partial charge in [-0.2, -0.15) is 0 Å². The minimum absolute atomic E-state index is 0.0501. The van der Waals surface area contributed by atoms with Crippen molar-refractivity contribution in [2.75, 3.05) is 12.4 Å². The van der Waals surface area contributed by atoms with Crippen molar-refractivity contribution in [2.45, 2.75) is 4.32 Å². The maximum absolute atomic E-state index is 13.1. The third kappa shape index (κ3) is 2.48. The number of benzene rings is 2. The molecule has 0 fully saturated rings. The summed E-state index contributed by atoms with van der Waals surface area (Å²) in [5.74, 6) is -0.394. The smallest absolute Gasteiger partial charge is 0.253 e. The Balaban J connectivity index is 2.21. The zero-order chi connectivity index (χ0) is 17.6. The molecule has 0 spiro atoms. The fraction of sp³-hybridized carbons (Fsp3) is 0.125. The van der Waals surface area contributed by atoms with Gasteiger partial charge in [0.2, 0.25) is 0 Å². The molecule has 1 amide bonds. The second kappa shape index (κ2) is 6.16. The number of fused-ring (bicyclic) bond motifs is 1. The van der Waals surface area contributed by atoms with Crippen LogP contribution in [0.1, 0.15) is 15.9 Å². The number of methoxy groups -OCH3 is 1. The first-order valence-corrected chi connectivity index (χ1v) is 9.09. The second-order valence-corrected chi connectivity index (χ2v) is 7.95. The van der Waals surface area contributed by atoms with E-state index in [4.69, 9.17) is 4.74 Å². The van der Waals surface area contributed by atoms with Gasteiger partial charge in [-0.25, -0.2) is 0 Å². The first kappa shape index (κ1) is 17.4. The van der Waals surface area contributed by atoms with E-state index in [0.29, 0.717) is 31.5 Å². The summed E-state index contributed by atoms with van der Waals surface area (Å²) in [6.45, 7) is 0. The number of ketones is 1. The lowest BCUT2D eigenvalue weighted by Gasteiger charge is -2.32. The van der Waals surface area contributed by atoms with E-state index in [1.54, 1.807) is 6.07 Å². The molecule has 1 atom stereocenters. The maximum atomic E-state index is 13.1. The van der Waals surface area contributed by atoms with Crippen LogP contribution in [-0.2, 0) is 9.12 Å². The van der Waals surface area contributed by atoms with E-state index in [2.05, 4.69) is 53.1 Å². The first-order valence-electron chi connectivity index (χ1n) is 6.71. The molecule has 1 unspecified atom stereocenters. The summed E-state index contributed by atoms with van der Waals surface area (Å²) in [5, 5.41) is 12.2. The zero-order valence-corrected chi connectivity index (χ0v) is 17.0. The summed E-state index contributed by atoms with van der Waals surface area (Å²) in [5.41, 5.74) is 1.12. The number of amides is 1. The molecule has 0 aliphatic carbocycles. The van der Waals surface area contributed by atoms with Gasteiger partial charge in [-0.15, -0.1) is 0 Å². The largest absolute Gasteiger partial charge is 0.508 e. The Labute approximate surface area is 162 Å². The van der Waals surface area contributed by atoms with Gasteiger partial charge in [-0.1, -0.05) is 28.1 Å². The molecule has 0 bridgehead atoms. The Kier molecular flexibility index (Phi) is 4.48. The van der Waals surface area contributed by atoms with Crippen LogP contribution in [0.25, 0.3) is 0 Å². The van der Waals surface area contributed by atoms with Gasteiger partial charge in [0.1, 0.15) is 11.5 Å². The average molecular weight is 520 g/mol. The number of aromatic hydroxyl groups is 1. The number of ether oxygens (including phenoxy) is 1. The average Bonchev–Trinajstić information content (AvgIpc) is 2.55. The summed E-state index contributed by atoms with van der Waals surface area (Å²) in [7, 11) is 1.49. The molecular formula is C16H10Br3NO4. The number of carbonyl (C=O) groups excluding carboxylic acids is 2. The van der Waals surface area contributed by atoms with Gasteiger partial charge in [0.25, 0.3) is 5.91 Å². The first-order chi connectivity index (χ1) is 11.3. The Morgan fingerprint density at radius 1 is 1.17 bits per heavy atom. The Bertz CT molecular complexity index is 867. The SMILES string of the molecule is COc1c(Br)cc2c(c1Br)NC(=O)C(Br)(c1ccc(O)cc1)C2=O. The molecule has 2 aromatic carbocycles. The van der Waals surface area contributed by atoms with Crippen molar-refractivity contribution in [1.82, 2.24) is 0 Å². The monoisotopic (exact) mass is 517 g/mol. The number of hydrogen-bond donors (Lipinski definition) is 2. The van der Waals surface area contributed by atoms with E-state index in [1.165, 1.54) is 31.4 Å². The zero-order valence-electron chi connectivity index (χ0n) is 12.2. The van der Waals surface area contributed by atoms with Crippen molar-refractivity contribution in [3.05, 3.63) is 50.4 Å². The van der Waals surface area contributed by atoms with Crippen LogP contribution in [0, 0.1) is 0 Å². The van der Waals surface area contributed by atoms with E-state index in [-0.39, 0.29) is 5.75 Å². The van der Waals surface area contributed by atoms with Crippen LogP contribution < -0.4 is 10.1 Å². The van der Waals surface area contributed by atoms with Crippen LogP contribution >= 0.6 is 47.8 Å². The van der Waals surface area contributed by atoms with Gasteiger partial charge in [-0.05, 0) is 55.6 Å². The fourth-order valence-electron chi connectivity index (χ4n) is 2.53. The molecule has 3 rings (SSSR count). The van der Waals surface area contributed by atoms with Crippen LogP contribution in [-0.4, -0.2) is 23.9 Å². The molecule has 24 heavy (non-hydrogen) atoms. The van der Waals surface area contributed by atoms with E-state index in [0.717, 1.165) is 0 Å². The number of nitrogens with one attached hydrogen (secondary N) is 1. The number of alkyl halides is 1. The number of phenolic OH excluding ortho intramolecular Hbond substituents is 1. The number of hydrogen-bond acceptors (Lipinski definition) is 4. The van der Waals surface area contributed by atoms with Gasteiger partial charge >= 0.3 is 0 Å². The summed E-state index contributed by atoms with van der Waals surface area (Å²) < 4.78 is 4.76. The van der Waals surface area contributed by atoms with E-state index < -0.39 is 16.0 Å². The molecule has 8 heteroatoms. The lowest BCUT2D eigenvalue weighted by molar-refractivity contribution is -0.117. The van der Waals surface area contributed by atoms with Gasteiger partial charge in [0.05, 0.1) is 21.7 Å². The number of phenols is 1. The molecular weight excluding hydrogens is 510 g/mol. The van der Waals surface area contributed by atoms with Crippen LogP contribution in [0.3, 0.4) is 0 Å². The van der Waals surface area contributed by atoms with Crippen LogP contribution in [0.2, 0.25) is 0 Å². The van der Waals surface area contributed by atoms with Gasteiger partial charge in [-0.3, -0.25) is 9.59 Å². The normalized spacial score (nSPS) is 19.7. The second-order valence-electron chi connectivity index (χ2n) is 5.12. The molecule has 0 saturated carbocycles. The predicted octanol–water partition coefficient (Wildman–Crippen LogP) is 4.35. The number of Topliss-reactive ketones (excluding diaryl/α,β-unsaturated/α-hetero) is 1. The third-order valence-corrected chi connectivity index (χ3v) is 6.28. The maximum Gasteiger partial charge on any atom is 0.253 e. The highest BCUT2D eigenvalue weighted by molar-refractivity contribution is 9.11. The van der Waals surface area contributed by atoms with E-state index in [1.807, 2.05) is 0 Å². The molecule has 2 N–H and O–H groups in total. The molecule has 0 radical (unpaired) electrons. The van der Waals surface area contributed by atoms with E-state index >= 15 is 0 Å². The lowest BCUT2D eigenvalue weighted by atomic mass is 9.86. The number of anilines is 1. The summed E-state index contributed by atoms with van der Waals surface area (Å²) in [4.78, 5) is 25.8. The standard InChI is InChI=1S/C16H10Br3NO4/c1-24-13-10(17)6-9-12(11(13)18)20-15(23)16(19,14(9)22)7-2-4-8(21)5-3-7/h2-6,21H,1H3,(H,20,23). The van der Waals surface area contributed by atoms with E-state index in [9.17, 15) is 14.7 Å². The highest BCUT2D eigenvalue weighted by Gasteiger charge is 2.50. The number of carbonyl (C=O) groups is 2. The minimum Gasteiger partial charge on any atom is -0.508 e. The highest BCUT2D eigenvalue weighted by Crippen LogP contribution is 2.48. The van der Waals surface area contributed by atoms with Crippen LogP contribution in [0.15, 0.2) is 39.3 Å². The molecule has 1 aliphatic heterocycles. The summed E-state index contributed by atoms with van der Waals surface area (Å²) in [6.07, 6.45) is 0. The molecule has 0 aromatic heterocycles. The van der Waals surface area contributed by atoms with Gasteiger partial charge in [0, 0.05) is 5.56 Å². The van der Waals surface area contributed by atoms with Crippen LogP contribution in [0.4, 0.5) is 5.69 Å². The Hall–Kier alpha value is -1.38. The number of halogens is 3. The van der Waals surface area contributed by atoms with Crippen molar-refractivity contribution < 1.29 is 19.4 Å². The third-order valence-electron chi connectivity index (χ3n) is 3.75. The Morgan fingerprint density at radius 3 is 2.38 bits per heavy atom. The topological polar surface area (TPSA) is 75.6 Å². The van der Waals surface area contributed by atoms with Crippen molar-refractivity contribution in [1.29, 1.82) is 0 Å². The van der Waals surface area contributed by atoms with Crippen molar-refractivity contribution in [2.24, 2.45) is 0 Å². The lowest BCUT2D eigenvalue weighted by Crippen LogP contribution is -2.46. The van der Waals surface area contributed by atoms with Crippen molar-refractivity contribution in [3.8, 4) is 11.5 Å².